The SMILES string of the molecule is Cc1c(F)cc(CO)cc1S(=O)(=O)N(C)C(C)CC(C)C. The van der Waals surface area contributed by atoms with E-state index in [2.05, 4.69) is 0 Å². The third kappa shape index (κ3) is 4.02. The average Bonchev–Trinajstić information content (AvgIpc) is 2.39. The van der Waals surface area contributed by atoms with Crippen molar-refractivity contribution >= 4 is 10.0 Å². The van der Waals surface area contributed by atoms with E-state index in [0.717, 1.165) is 12.5 Å². The smallest absolute Gasteiger partial charge is 0.243 e. The van der Waals surface area contributed by atoms with Crippen LogP contribution in [0.5, 0.6) is 0 Å². The molecule has 0 aromatic heterocycles. The quantitative estimate of drug-likeness (QED) is 0.877. The van der Waals surface area contributed by atoms with Crippen molar-refractivity contribution in [3.63, 3.8) is 0 Å². The molecule has 0 saturated heterocycles. The van der Waals surface area contributed by atoms with E-state index in [-0.39, 0.29) is 22.1 Å². The predicted octanol–water partition coefficient (Wildman–Crippen LogP) is 2.68. The third-order valence-electron chi connectivity index (χ3n) is 3.63. The molecule has 1 aromatic carbocycles. The number of nitrogens with zero attached hydrogens (tertiary/aromatic N) is 1. The fourth-order valence-corrected chi connectivity index (χ4v) is 3.94. The van der Waals surface area contributed by atoms with Gasteiger partial charge in [-0.1, -0.05) is 13.8 Å². The molecule has 0 amide bonds. The van der Waals surface area contributed by atoms with E-state index in [1.165, 1.54) is 24.3 Å². The molecule has 1 aromatic rings. The van der Waals surface area contributed by atoms with Crippen LogP contribution < -0.4 is 0 Å². The van der Waals surface area contributed by atoms with Gasteiger partial charge in [-0.15, -0.1) is 0 Å². The van der Waals surface area contributed by atoms with Gasteiger partial charge in [0.15, 0.2) is 0 Å². The monoisotopic (exact) mass is 317 g/mol. The molecule has 0 aliphatic rings. The minimum Gasteiger partial charge on any atom is -0.392 e. The van der Waals surface area contributed by atoms with E-state index >= 15 is 0 Å². The lowest BCUT2D eigenvalue weighted by atomic mass is 10.1. The van der Waals surface area contributed by atoms with Crippen LogP contribution in [0.15, 0.2) is 17.0 Å². The summed E-state index contributed by atoms with van der Waals surface area (Å²) < 4.78 is 40.5. The van der Waals surface area contributed by atoms with Crippen molar-refractivity contribution in [2.45, 2.75) is 51.7 Å². The van der Waals surface area contributed by atoms with Crippen LogP contribution in [0.4, 0.5) is 4.39 Å². The van der Waals surface area contributed by atoms with Gasteiger partial charge >= 0.3 is 0 Å². The first-order valence-electron chi connectivity index (χ1n) is 6.99. The summed E-state index contributed by atoms with van der Waals surface area (Å²) in [6.45, 7) is 6.91. The molecule has 0 aliphatic heterocycles. The van der Waals surface area contributed by atoms with Gasteiger partial charge < -0.3 is 5.11 Å². The Morgan fingerprint density at radius 1 is 1.29 bits per heavy atom. The summed E-state index contributed by atoms with van der Waals surface area (Å²) in [4.78, 5) is -0.0790. The molecule has 0 saturated carbocycles. The number of hydrogen-bond acceptors (Lipinski definition) is 3. The molecule has 0 aliphatic carbocycles. The molecule has 120 valence electrons. The van der Waals surface area contributed by atoms with Gasteiger partial charge in [0, 0.05) is 18.7 Å². The van der Waals surface area contributed by atoms with Crippen LogP contribution >= 0.6 is 0 Å². The average molecular weight is 317 g/mol. The van der Waals surface area contributed by atoms with Gasteiger partial charge in [-0.3, -0.25) is 0 Å². The standard InChI is InChI=1S/C15H24FNO3S/c1-10(2)6-11(3)17(5)21(19,20)15-8-13(9-18)7-14(16)12(15)4/h7-8,10-11,18H,6,9H2,1-5H3. The lowest BCUT2D eigenvalue weighted by Crippen LogP contribution is -2.36. The second-order valence-electron chi connectivity index (χ2n) is 5.86. The van der Waals surface area contributed by atoms with Gasteiger partial charge in [0.2, 0.25) is 10.0 Å². The Hall–Kier alpha value is -0.980. The van der Waals surface area contributed by atoms with Crippen LogP contribution in [0.2, 0.25) is 0 Å². The molecular formula is C15H24FNO3S. The van der Waals surface area contributed by atoms with Crippen LogP contribution in [0.1, 0.15) is 38.3 Å². The van der Waals surface area contributed by atoms with Crippen molar-refractivity contribution in [3.05, 3.63) is 29.1 Å². The van der Waals surface area contributed by atoms with Gasteiger partial charge in [-0.05, 0) is 43.9 Å². The lowest BCUT2D eigenvalue weighted by molar-refractivity contribution is 0.280. The third-order valence-corrected chi connectivity index (χ3v) is 5.73. The molecule has 0 fully saturated rings. The maximum absolute atomic E-state index is 13.8. The fourth-order valence-electron chi connectivity index (χ4n) is 2.29. The van der Waals surface area contributed by atoms with E-state index in [1.807, 2.05) is 20.8 Å². The molecule has 1 rings (SSSR count). The topological polar surface area (TPSA) is 57.6 Å². The van der Waals surface area contributed by atoms with E-state index in [1.54, 1.807) is 0 Å². The molecule has 6 heteroatoms. The van der Waals surface area contributed by atoms with Gasteiger partial charge in [-0.2, -0.15) is 4.31 Å². The first-order valence-corrected chi connectivity index (χ1v) is 8.43. The van der Waals surface area contributed by atoms with Crippen molar-refractivity contribution in [1.82, 2.24) is 4.31 Å². The highest BCUT2D eigenvalue weighted by Crippen LogP contribution is 2.25. The maximum Gasteiger partial charge on any atom is 0.243 e. The van der Waals surface area contributed by atoms with Gasteiger partial charge in [-0.25, -0.2) is 12.8 Å². The lowest BCUT2D eigenvalue weighted by Gasteiger charge is -2.26. The minimum atomic E-state index is -3.79. The molecule has 0 bridgehead atoms. The number of halogens is 1. The maximum atomic E-state index is 13.8. The molecule has 21 heavy (non-hydrogen) atoms. The summed E-state index contributed by atoms with van der Waals surface area (Å²) in [6, 6.07) is 2.31. The molecule has 1 unspecified atom stereocenters. The zero-order valence-corrected chi connectivity index (χ0v) is 14.0. The number of aliphatic hydroxyl groups excluding tert-OH is 1. The molecule has 1 N–H and O–H groups in total. The second kappa shape index (κ2) is 6.85. The van der Waals surface area contributed by atoms with Crippen LogP contribution in [0.25, 0.3) is 0 Å². The second-order valence-corrected chi connectivity index (χ2v) is 7.82. The summed E-state index contributed by atoms with van der Waals surface area (Å²) in [5.74, 6) is -0.260. The normalized spacial score (nSPS) is 14.0. The van der Waals surface area contributed by atoms with Crippen LogP contribution in [-0.2, 0) is 16.6 Å². The molecule has 0 spiro atoms. The van der Waals surface area contributed by atoms with E-state index < -0.39 is 22.4 Å². The largest absolute Gasteiger partial charge is 0.392 e. The van der Waals surface area contributed by atoms with Gasteiger partial charge in [0.25, 0.3) is 0 Å². The fraction of sp³-hybridized carbons (Fsp3) is 0.600. The van der Waals surface area contributed by atoms with E-state index in [4.69, 9.17) is 5.11 Å². The van der Waals surface area contributed by atoms with Crippen molar-refractivity contribution in [2.24, 2.45) is 5.92 Å². The van der Waals surface area contributed by atoms with Crippen molar-refractivity contribution in [3.8, 4) is 0 Å². The van der Waals surface area contributed by atoms with Crippen molar-refractivity contribution in [2.75, 3.05) is 7.05 Å². The number of benzene rings is 1. The summed E-state index contributed by atoms with van der Waals surface area (Å²) in [5.41, 5.74) is 0.331. The predicted molar refractivity (Wildman–Crippen MR) is 80.9 cm³/mol. The van der Waals surface area contributed by atoms with E-state index in [0.29, 0.717) is 5.92 Å². The first kappa shape index (κ1) is 18.1. The molecule has 4 nitrogen and oxygen atoms in total. The number of rotatable bonds is 6. The highest BCUT2D eigenvalue weighted by molar-refractivity contribution is 7.89. The summed E-state index contributed by atoms with van der Waals surface area (Å²) in [6.07, 6.45) is 0.719. The summed E-state index contributed by atoms with van der Waals surface area (Å²) in [5, 5.41) is 9.13. The summed E-state index contributed by atoms with van der Waals surface area (Å²) >= 11 is 0. The molecular weight excluding hydrogens is 293 g/mol. The van der Waals surface area contributed by atoms with Crippen LogP contribution in [0.3, 0.4) is 0 Å². The van der Waals surface area contributed by atoms with Crippen molar-refractivity contribution in [1.29, 1.82) is 0 Å². The Kier molecular flexibility index (Phi) is 5.90. The number of hydrogen-bond donors (Lipinski definition) is 1. The zero-order valence-electron chi connectivity index (χ0n) is 13.2. The Labute approximate surface area is 126 Å². The van der Waals surface area contributed by atoms with Crippen LogP contribution in [0, 0.1) is 18.7 Å². The highest BCUT2D eigenvalue weighted by Gasteiger charge is 2.28. The van der Waals surface area contributed by atoms with Crippen molar-refractivity contribution < 1.29 is 17.9 Å². The summed E-state index contributed by atoms with van der Waals surface area (Å²) in [7, 11) is -2.28. The minimum absolute atomic E-state index is 0.0790. The molecule has 0 heterocycles. The van der Waals surface area contributed by atoms with E-state index in [9.17, 15) is 12.8 Å². The number of sulfonamides is 1. The van der Waals surface area contributed by atoms with Gasteiger partial charge in [0.1, 0.15) is 5.82 Å². The Bertz CT molecular complexity index is 599. The Morgan fingerprint density at radius 3 is 2.33 bits per heavy atom. The molecule has 0 radical (unpaired) electrons. The van der Waals surface area contributed by atoms with Crippen LogP contribution in [-0.4, -0.2) is 30.9 Å². The first-order chi connectivity index (χ1) is 9.61. The van der Waals surface area contributed by atoms with Gasteiger partial charge in [0.05, 0.1) is 11.5 Å². The Morgan fingerprint density at radius 2 is 1.86 bits per heavy atom. The number of aliphatic hydroxyl groups is 1. The zero-order chi connectivity index (χ0) is 16.4. The highest BCUT2D eigenvalue weighted by atomic mass is 32.2. The Balaban J connectivity index is 3.27. The molecule has 1 atom stereocenters.